The normalized spacial score (nSPS) is 11.9. The van der Waals surface area contributed by atoms with Gasteiger partial charge < -0.3 is 0 Å². The van der Waals surface area contributed by atoms with E-state index in [-0.39, 0.29) is 16.5 Å². The summed E-state index contributed by atoms with van der Waals surface area (Å²) < 4.78 is 29.8. The molecule has 0 radical (unpaired) electrons. The first-order chi connectivity index (χ1) is 12.7. The summed E-state index contributed by atoms with van der Waals surface area (Å²) in [5, 5.41) is 4.77. The average molecular weight is 469 g/mol. The number of hydrogen-bond donors (Lipinski definition) is 0. The largest absolute Gasteiger partial charge is 0.244 e. The molecular weight excluding hydrogens is 450 g/mol. The zero-order valence-electron chi connectivity index (χ0n) is 15.1. The number of benzene rings is 2. The fraction of sp³-hybridized carbons (Fsp3) is 0.211. The molecule has 3 rings (SSSR count). The van der Waals surface area contributed by atoms with Crippen LogP contribution in [0.1, 0.15) is 17.0 Å². The molecule has 0 unspecified atom stereocenters. The number of hydrogen-bond acceptors (Lipinski definition) is 3. The number of aromatic nitrogens is 2. The Bertz CT molecular complexity index is 1080. The van der Waals surface area contributed by atoms with E-state index in [0.29, 0.717) is 0 Å². The lowest BCUT2D eigenvalue weighted by Crippen LogP contribution is -2.27. The zero-order valence-corrected chi connectivity index (χ0v) is 18.3. The van der Waals surface area contributed by atoms with Crippen molar-refractivity contribution in [1.29, 1.82) is 0 Å². The third-order valence-electron chi connectivity index (χ3n) is 4.40. The highest BCUT2D eigenvalue weighted by atomic mass is 79.9. The van der Waals surface area contributed by atoms with Crippen molar-refractivity contribution < 1.29 is 8.42 Å². The highest BCUT2D eigenvalue weighted by molar-refractivity contribution is 9.10. The molecule has 0 aliphatic rings. The fourth-order valence-electron chi connectivity index (χ4n) is 2.88. The molecule has 3 aromatic rings. The molecule has 0 fully saturated rings. The van der Waals surface area contributed by atoms with Crippen LogP contribution in [-0.4, -0.2) is 29.6 Å². The number of aryl methyl sites for hydroxylation is 1. The quantitative estimate of drug-likeness (QED) is 0.544. The summed E-state index contributed by atoms with van der Waals surface area (Å²) in [6.45, 7) is 4.03. The summed E-state index contributed by atoms with van der Waals surface area (Å²) in [5.74, 6) is 0. The van der Waals surface area contributed by atoms with Crippen molar-refractivity contribution in [2.24, 2.45) is 0 Å². The molecule has 0 spiro atoms. The van der Waals surface area contributed by atoms with Crippen molar-refractivity contribution in [2.75, 3.05) is 7.05 Å². The van der Waals surface area contributed by atoms with Gasteiger partial charge in [-0.2, -0.15) is 9.40 Å². The Hall–Kier alpha value is -1.67. The second kappa shape index (κ2) is 7.75. The SMILES string of the molecule is Cc1nn(-c2ccccc2)c(C)c1CN(C)S(=O)(=O)c1ccc(Br)cc1Cl. The molecular formula is C19H19BrClN3O2S. The predicted molar refractivity (Wildman–Crippen MR) is 111 cm³/mol. The summed E-state index contributed by atoms with van der Waals surface area (Å²) in [6.07, 6.45) is 0. The molecule has 0 bridgehead atoms. The Balaban J connectivity index is 1.94. The number of para-hydroxylation sites is 1. The standard InChI is InChI=1S/C19H19BrClN3O2S/c1-13-17(14(2)24(22-13)16-7-5-4-6-8-16)12-23(3)27(25,26)19-10-9-15(20)11-18(19)21/h4-11H,12H2,1-3H3. The van der Waals surface area contributed by atoms with Crippen LogP contribution in [0, 0.1) is 13.8 Å². The van der Waals surface area contributed by atoms with E-state index in [1.54, 1.807) is 19.2 Å². The maximum Gasteiger partial charge on any atom is 0.244 e. The maximum absolute atomic E-state index is 13.0. The minimum Gasteiger partial charge on any atom is -0.238 e. The van der Waals surface area contributed by atoms with Crippen LogP contribution in [0.25, 0.3) is 5.69 Å². The molecule has 142 valence electrons. The molecule has 2 aromatic carbocycles. The van der Waals surface area contributed by atoms with Gasteiger partial charge in [-0.05, 0) is 44.2 Å². The van der Waals surface area contributed by atoms with Crippen LogP contribution < -0.4 is 0 Å². The van der Waals surface area contributed by atoms with Crippen molar-refractivity contribution in [3.05, 3.63) is 75.0 Å². The molecule has 1 aromatic heterocycles. The molecule has 0 aliphatic carbocycles. The van der Waals surface area contributed by atoms with Crippen LogP contribution in [-0.2, 0) is 16.6 Å². The maximum atomic E-state index is 13.0. The third-order valence-corrected chi connectivity index (χ3v) is 7.18. The Morgan fingerprint density at radius 2 is 1.81 bits per heavy atom. The van der Waals surface area contributed by atoms with Crippen LogP contribution in [0.4, 0.5) is 0 Å². The first kappa shape index (κ1) is 20.1. The number of rotatable bonds is 5. The summed E-state index contributed by atoms with van der Waals surface area (Å²) >= 11 is 9.45. The van der Waals surface area contributed by atoms with Crippen molar-refractivity contribution in [3.8, 4) is 5.69 Å². The zero-order chi connectivity index (χ0) is 19.8. The van der Waals surface area contributed by atoms with Crippen LogP contribution in [0.3, 0.4) is 0 Å². The van der Waals surface area contributed by atoms with E-state index < -0.39 is 10.0 Å². The fourth-order valence-corrected chi connectivity index (χ4v) is 5.03. The summed E-state index contributed by atoms with van der Waals surface area (Å²) in [5.41, 5.74) is 3.51. The molecule has 0 aliphatic heterocycles. The van der Waals surface area contributed by atoms with Gasteiger partial charge in [-0.3, -0.25) is 0 Å². The Labute approximate surface area is 172 Å². The average Bonchev–Trinajstić information content (AvgIpc) is 2.90. The number of halogens is 2. The van der Waals surface area contributed by atoms with E-state index in [0.717, 1.165) is 27.1 Å². The topological polar surface area (TPSA) is 55.2 Å². The van der Waals surface area contributed by atoms with E-state index in [1.165, 1.54) is 10.4 Å². The molecule has 0 N–H and O–H groups in total. The Morgan fingerprint density at radius 3 is 2.44 bits per heavy atom. The predicted octanol–water partition coefficient (Wildman–Crippen LogP) is 4.73. The lowest BCUT2D eigenvalue weighted by Gasteiger charge is -2.18. The minimum atomic E-state index is -3.73. The Morgan fingerprint density at radius 1 is 1.15 bits per heavy atom. The van der Waals surface area contributed by atoms with Gasteiger partial charge >= 0.3 is 0 Å². The third kappa shape index (κ3) is 3.96. The van der Waals surface area contributed by atoms with E-state index in [9.17, 15) is 8.42 Å². The van der Waals surface area contributed by atoms with Gasteiger partial charge in [0.2, 0.25) is 10.0 Å². The van der Waals surface area contributed by atoms with Crippen molar-refractivity contribution in [3.63, 3.8) is 0 Å². The highest BCUT2D eigenvalue weighted by Gasteiger charge is 2.26. The van der Waals surface area contributed by atoms with E-state index in [2.05, 4.69) is 21.0 Å². The Kier molecular flexibility index (Phi) is 5.76. The van der Waals surface area contributed by atoms with Gasteiger partial charge in [-0.15, -0.1) is 0 Å². The molecule has 0 saturated heterocycles. The van der Waals surface area contributed by atoms with Gasteiger partial charge in [-0.1, -0.05) is 45.7 Å². The van der Waals surface area contributed by atoms with Gasteiger partial charge in [0.1, 0.15) is 4.90 Å². The molecule has 0 atom stereocenters. The molecule has 8 heteroatoms. The number of nitrogens with zero attached hydrogens (tertiary/aromatic N) is 3. The monoisotopic (exact) mass is 467 g/mol. The summed E-state index contributed by atoms with van der Waals surface area (Å²) in [4.78, 5) is 0.0839. The van der Waals surface area contributed by atoms with E-state index in [1.807, 2.05) is 48.9 Å². The van der Waals surface area contributed by atoms with Gasteiger partial charge in [0.15, 0.2) is 0 Å². The van der Waals surface area contributed by atoms with Gasteiger partial charge in [0, 0.05) is 29.3 Å². The second-order valence-electron chi connectivity index (χ2n) is 6.23. The first-order valence-corrected chi connectivity index (χ1v) is 10.8. The lowest BCUT2D eigenvalue weighted by molar-refractivity contribution is 0.465. The van der Waals surface area contributed by atoms with Gasteiger partial charge in [0.05, 0.1) is 16.4 Å². The van der Waals surface area contributed by atoms with Crippen molar-refractivity contribution in [1.82, 2.24) is 14.1 Å². The van der Waals surface area contributed by atoms with Crippen LogP contribution in [0.5, 0.6) is 0 Å². The van der Waals surface area contributed by atoms with Crippen LogP contribution in [0.2, 0.25) is 5.02 Å². The lowest BCUT2D eigenvalue weighted by atomic mass is 10.2. The number of sulfonamides is 1. The van der Waals surface area contributed by atoms with Crippen LogP contribution >= 0.6 is 27.5 Å². The van der Waals surface area contributed by atoms with Gasteiger partial charge in [0.25, 0.3) is 0 Å². The first-order valence-electron chi connectivity index (χ1n) is 8.23. The summed E-state index contributed by atoms with van der Waals surface area (Å²) in [6, 6.07) is 14.5. The molecule has 27 heavy (non-hydrogen) atoms. The van der Waals surface area contributed by atoms with Crippen molar-refractivity contribution in [2.45, 2.75) is 25.3 Å². The summed E-state index contributed by atoms with van der Waals surface area (Å²) in [7, 11) is -2.18. The second-order valence-corrected chi connectivity index (χ2v) is 9.57. The minimum absolute atomic E-state index is 0.0839. The van der Waals surface area contributed by atoms with Crippen LogP contribution in [0.15, 0.2) is 57.9 Å². The molecule has 0 amide bonds. The van der Waals surface area contributed by atoms with E-state index >= 15 is 0 Å². The molecule has 5 nitrogen and oxygen atoms in total. The van der Waals surface area contributed by atoms with Gasteiger partial charge in [-0.25, -0.2) is 13.1 Å². The highest BCUT2D eigenvalue weighted by Crippen LogP contribution is 2.29. The molecule has 0 saturated carbocycles. The smallest absolute Gasteiger partial charge is 0.238 e. The van der Waals surface area contributed by atoms with E-state index in [4.69, 9.17) is 11.6 Å². The van der Waals surface area contributed by atoms with Crippen molar-refractivity contribution >= 4 is 37.6 Å². The molecule has 1 heterocycles.